The van der Waals surface area contributed by atoms with Gasteiger partial charge in [-0.1, -0.05) is 6.07 Å². The van der Waals surface area contributed by atoms with E-state index in [9.17, 15) is 9.18 Å². The van der Waals surface area contributed by atoms with E-state index in [1.54, 1.807) is 22.6 Å². The molecule has 1 aromatic heterocycles. The molecule has 0 fully saturated rings. The zero-order valence-corrected chi connectivity index (χ0v) is 8.90. The van der Waals surface area contributed by atoms with Gasteiger partial charge in [-0.15, -0.1) is 0 Å². The number of rotatable bonds is 0. The summed E-state index contributed by atoms with van der Waals surface area (Å²) in [5.41, 5.74) is 0.266. The smallest absolute Gasteiger partial charge is 0.432 e. The van der Waals surface area contributed by atoms with Crippen LogP contribution in [0.2, 0.25) is 0 Å². The highest BCUT2D eigenvalue weighted by molar-refractivity contribution is 14.1. The topological polar surface area (TPSA) is 55.1 Å². The van der Waals surface area contributed by atoms with Crippen LogP contribution in [-0.2, 0) is 0 Å². The lowest BCUT2D eigenvalue weighted by molar-refractivity contribution is 0.194. The Balaban J connectivity index is 2.91. The number of fused-ring (bicyclic) bond motifs is 1. The minimum Gasteiger partial charge on any atom is -0.463 e. The lowest BCUT2D eigenvalue weighted by Crippen LogP contribution is -2.09. The summed E-state index contributed by atoms with van der Waals surface area (Å²) >= 11 is 1.80. The van der Waals surface area contributed by atoms with Gasteiger partial charge in [0.15, 0.2) is 0 Å². The van der Waals surface area contributed by atoms with E-state index in [-0.39, 0.29) is 10.9 Å². The zero-order valence-electron chi connectivity index (χ0n) is 6.74. The summed E-state index contributed by atoms with van der Waals surface area (Å²) in [7, 11) is 0. The first-order valence-electron chi connectivity index (χ1n) is 3.67. The summed E-state index contributed by atoms with van der Waals surface area (Å²) in [5, 5.41) is 12.7. The Morgan fingerprint density at radius 3 is 2.93 bits per heavy atom. The van der Waals surface area contributed by atoms with Gasteiger partial charge in [0.05, 0.1) is 10.9 Å². The molecule has 0 atom stereocenters. The number of benzene rings is 1. The van der Waals surface area contributed by atoms with Crippen LogP contribution < -0.4 is 0 Å². The minimum absolute atomic E-state index is 0.246. The van der Waals surface area contributed by atoms with Crippen molar-refractivity contribution in [1.29, 1.82) is 0 Å². The number of nitrogens with zero attached hydrogens (tertiary/aromatic N) is 2. The van der Waals surface area contributed by atoms with Crippen LogP contribution in [0.25, 0.3) is 10.9 Å². The SMILES string of the molecule is O=C(O)n1nc(I)c2c(F)cccc21. The second kappa shape index (κ2) is 3.19. The highest BCUT2D eigenvalue weighted by Crippen LogP contribution is 2.22. The predicted molar refractivity (Wildman–Crippen MR) is 55.8 cm³/mol. The summed E-state index contributed by atoms with van der Waals surface area (Å²) < 4.78 is 14.4. The maximum Gasteiger partial charge on any atom is 0.432 e. The number of carbonyl (C=O) groups is 1. The quantitative estimate of drug-likeness (QED) is 0.760. The van der Waals surface area contributed by atoms with Gasteiger partial charge in [-0.2, -0.15) is 9.78 Å². The largest absolute Gasteiger partial charge is 0.463 e. The number of halogens is 2. The highest BCUT2D eigenvalue weighted by Gasteiger charge is 2.15. The van der Waals surface area contributed by atoms with Gasteiger partial charge in [0.25, 0.3) is 0 Å². The fourth-order valence-corrected chi connectivity index (χ4v) is 1.98. The Morgan fingerprint density at radius 1 is 1.57 bits per heavy atom. The predicted octanol–water partition coefficient (Wildman–Crippen LogP) is 2.31. The van der Waals surface area contributed by atoms with Crippen LogP contribution in [0.3, 0.4) is 0 Å². The van der Waals surface area contributed by atoms with Crippen LogP contribution in [0.4, 0.5) is 9.18 Å². The highest BCUT2D eigenvalue weighted by atomic mass is 127. The van der Waals surface area contributed by atoms with Gasteiger partial charge in [-0.3, -0.25) is 0 Å². The molecule has 1 heterocycles. The summed E-state index contributed by atoms with van der Waals surface area (Å²) in [5.74, 6) is -0.459. The Labute approximate surface area is 91.5 Å². The molecular weight excluding hydrogens is 302 g/mol. The Kier molecular flexibility index (Phi) is 2.14. The molecule has 0 unspecified atom stereocenters. The Bertz CT molecular complexity index is 523. The van der Waals surface area contributed by atoms with Crippen molar-refractivity contribution >= 4 is 39.6 Å². The third-order valence-electron chi connectivity index (χ3n) is 1.80. The van der Waals surface area contributed by atoms with E-state index in [2.05, 4.69) is 5.10 Å². The molecule has 0 amide bonds. The van der Waals surface area contributed by atoms with E-state index in [0.29, 0.717) is 3.70 Å². The lowest BCUT2D eigenvalue weighted by atomic mass is 10.2. The van der Waals surface area contributed by atoms with Gasteiger partial charge < -0.3 is 5.11 Å². The second-order valence-corrected chi connectivity index (χ2v) is 3.64. The maximum atomic E-state index is 13.3. The summed E-state index contributed by atoms with van der Waals surface area (Å²) in [6.45, 7) is 0. The zero-order chi connectivity index (χ0) is 10.3. The molecule has 6 heteroatoms. The lowest BCUT2D eigenvalue weighted by Gasteiger charge is -1.94. The van der Waals surface area contributed by atoms with E-state index in [0.717, 1.165) is 4.68 Å². The summed E-state index contributed by atoms with van der Waals surface area (Å²) in [6, 6.07) is 4.24. The van der Waals surface area contributed by atoms with Crippen molar-refractivity contribution in [2.24, 2.45) is 0 Å². The van der Waals surface area contributed by atoms with E-state index in [1.807, 2.05) is 0 Å². The van der Waals surface area contributed by atoms with Crippen LogP contribution in [0.15, 0.2) is 18.2 Å². The van der Waals surface area contributed by atoms with Crippen molar-refractivity contribution < 1.29 is 14.3 Å². The molecule has 4 nitrogen and oxygen atoms in total. The molecular formula is C8H4FIN2O2. The van der Waals surface area contributed by atoms with E-state index in [4.69, 9.17) is 5.11 Å². The Morgan fingerprint density at radius 2 is 2.29 bits per heavy atom. The summed E-state index contributed by atoms with van der Waals surface area (Å²) in [4.78, 5) is 10.7. The standard InChI is InChI=1S/C8H4FIN2O2/c9-4-2-1-3-5-6(4)7(10)11-12(5)8(13)14/h1-3H,(H,13,14). The fourth-order valence-electron chi connectivity index (χ4n) is 1.23. The normalized spacial score (nSPS) is 10.7. The molecule has 1 N–H and O–H groups in total. The minimum atomic E-state index is -1.22. The van der Waals surface area contributed by atoms with Crippen LogP contribution in [-0.4, -0.2) is 21.0 Å². The van der Waals surface area contributed by atoms with Gasteiger partial charge in [0.1, 0.15) is 9.52 Å². The molecule has 0 aliphatic heterocycles. The van der Waals surface area contributed by atoms with Crippen LogP contribution in [0.1, 0.15) is 0 Å². The van der Waals surface area contributed by atoms with Crippen molar-refractivity contribution in [3.63, 3.8) is 0 Å². The first-order valence-corrected chi connectivity index (χ1v) is 4.75. The van der Waals surface area contributed by atoms with Gasteiger partial charge in [0.2, 0.25) is 0 Å². The van der Waals surface area contributed by atoms with Crippen molar-refractivity contribution in [2.45, 2.75) is 0 Å². The molecule has 0 bridgehead atoms. The molecule has 2 rings (SSSR count). The van der Waals surface area contributed by atoms with Gasteiger partial charge in [-0.25, -0.2) is 9.18 Å². The van der Waals surface area contributed by atoms with Gasteiger partial charge >= 0.3 is 6.09 Å². The average molecular weight is 306 g/mol. The number of hydrogen-bond donors (Lipinski definition) is 1. The average Bonchev–Trinajstić information content (AvgIpc) is 2.45. The van der Waals surface area contributed by atoms with Gasteiger partial charge in [0, 0.05) is 0 Å². The number of aromatic nitrogens is 2. The molecule has 14 heavy (non-hydrogen) atoms. The third-order valence-corrected chi connectivity index (χ3v) is 2.55. The molecule has 0 radical (unpaired) electrons. The summed E-state index contributed by atoms with van der Waals surface area (Å²) in [6.07, 6.45) is -1.22. The van der Waals surface area contributed by atoms with Crippen molar-refractivity contribution in [3.8, 4) is 0 Å². The second-order valence-electron chi connectivity index (χ2n) is 2.62. The first-order chi connectivity index (χ1) is 6.61. The third kappa shape index (κ3) is 1.26. The van der Waals surface area contributed by atoms with Crippen molar-refractivity contribution in [2.75, 3.05) is 0 Å². The maximum absolute atomic E-state index is 13.3. The molecule has 0 spiro atoms. The first kappa shape index (κ1) is 9.38. The monoisotopic (exact) mass is 306 g/mol. The number of hydrogen-bond acceptors (Lipinski definition) is 2. The molecule has 1 aromatic carbocycles. The van der Waals surface area contributed by atoms with Crippen LogP contribution in [0, 0.1) is 9.52 Å². The van der Waals surface area contributed by atoms with E-state index in [1.165, 1.54) is 18.2 Å². The van der Waals surface area contributed by atoms with E-state index >= 15 is 0 Å². The van der Waals surface area contributed by atoms with Crippen LogP contribution >= 0.6 is 22.6 Å². The molecule has 0 aliphatic rings. The van der Waals surface area contributed by atoms with Gasteiger partial charge in [-0.05, 0) is 34.7 Å². The molecule has 72 valence electrons. The van der Waals surface area contributed by atoms with Crippen molar-refractivity contribution in [1.82, 2.24) is 9.78 Å². The number of carboxylic acid groups (broad SMARTS) is 1. The fraction of sp³-hybridized carbons (Fsp3) is 0. The molecule has 0 aliphatic carbocycles. The van der Waals surface area contributed by atoms with Crippen LogP contribution in [0.5, 0.6) is 0 Å². The molecule has 0 saturated carbocycles. The molecule has 0 saturated heterocycles. The van der Waals surface area contributed by atoms with E-state index < -0.39 is 11.9 Å². The molecule has 2 aromatic rings. The Hall–Kier alpha value is -1.18. The van der Waals surface area contributed by atoms with Crippen molar-refractivity contribution in [3.05, 3.63) is 27.7 Å².